The summed E-state index contributed by atoms with van der Waals surface area (Å²) in [4.78, 5) is 34.3. The molecular formula is C27H32ClN5O2. The summed E-state index contributed by atoms with van der Waals surface area (Å²) in [7, 11) is 0. The molecule has 2 aliphatic heterocycles. The van der Waals surface area contributed by atoms with Crippen LogP contribution in [-0.4, -0.2) is 72.4 Å². The number of hydrogen-bond donors (Lipinski definition) is 3. The third-order valence-corrected chi connectivity index (χ3v) is 7.52. The van der Waals surface area contributed by atoms with Crippen LogP contribution < -0.4 is 10.6 Å². The summed E-state index contributed by atoms with van der Waals surface area (Å²) in [6, 6.07) is 14.1. The van der Waals surface area contributed by atoms with E-state index in [0.717, 1.165) is 55.1 Å². The highest BCUT2D eigenvalue weighted by Crippen LogP contribution is 2.25. The SMILES string of the molecule is O=C(N[C@@H](C(=O)N1CCN(CC2CCNCC2)CC1)c1ccccc1)c1ccc2c(Cl)c[nH]c2c1. The molecule has 2 amide bonds. The summed E-state index contributed by atoms with van der Waals surface area (Å²) < 4.78 is 0. The molecular weight excluding hydrogens is 462 g/mol. The van der Waals surface area contributed by atoms with Crippen LogP contribution in [0.1, 0.15) is 34.8 Å². The molecule has 184 valence electrons. The van der Waals surface area contributed by atoms with E-state index in [0.29, 0.717) is 23.7 Å². The molecule has 2 aliphatic rings. The number of nitrogens with one attached hydrogen (secondary N) is 3. The fourth-order valence-electron chi connectivity index (χ4n) is 5.14. The van der Waals surface area contributed by atoms with E-state index in [1.165, 1.54) is 12.8 Å². The molecule has 3 heterocycles. The Hall–Kier alpha value is -2.87. The van der Waals surface area contributed by atoms with Crippen molar-refractivity contribution in [3.63, 3.8) is 0 Å². The number of H-pyrrole nitrogens is 1. The molecule has 0 radical (unpaired) electrons. The Balaban J connectivity index is 1.27. The number of fused-ring (bicyclic) bond motifs is 1. The van der Waals surface area contributed by atoms with Crippen molar-refractivity contribution < 1.29 is 9.59 Å². The van der Waals surface area contributed by atoms with E-state index in [2.05, 4.69) is 20.5 Å². The molecule has 0 unspecified atom stereocenters. The molecule has 3 N–H and O–H groups in total. The maximum Gasteiger partial charge on any atom is 0.252 e. The van der Waals surface area contributed by atoms with Gasteiger partial charge in [-0.05, 0) is 49.5 Å². The number of piperidine rings is 1. The van der Waals surface area contributed by atoms with Crippen LogP contribution in [0.25, 0.3) is 10.9 Å². The first-order valence-corrected chi connectivity index (χ1v) is 12.8. The fraction of sp³-hybridized carbons (Fsp3) is 0.407. The van der Waals surface area contributed by atoms with E-state index in [9.17, 15) is 9.59 Å². The van der Waals surface area contributed by atoms with Crippen molar-refractivity contribution >= 4 is 34.3 Å². The minimum atomic E-state index is -0.734. The number of carbonyl (C=O) groups excluding carboxylic acids is 2. The molecule has 0 bridgehead atoms. The van der Waals surface area contributed by atoms with Gasteiger partial charge in [0.2, 0.25) is 5.91 Å². The van der Waals surface area contributed by atoms with Gasteiger partial charge in [-0.1, -0.05) is 48.0 Å². The molecule has 5 rings (SSSR count). The quantitative estimate of drug-likeness (QED) is 0.491. The van der Waals surface area contributed by atoms with Gasteiger partial charge in [0.1, 0.15) is 6.04 Å². The second kappa shape index (κ2) is 10.8. The van der Waals surface area contributed by atoms with Crippen molar-refractivity contribution in [2.45, 2.75) is 18.9 Å². The van der Waals surface area contributed by atoms with Gasteiger partial charge in [0, 0.05) is 55.4 Å². The van der Waals surface area contributed by atoms with E-state index < -0.39 is 6.04 Å². The Morgan fingerprint density at radius 1 is 1.03 bits per heavy atom. The molecule has 1 aromatic heterocycles. The van der Waals surface area contributed by atoms with E-state index in [1.807, 2.05) is 41.3 Å². The third kappa shape index (κ3) is 5.53. The first-order valence-electron chi connectivity index (χ1n) is 12.4. The minimum Gasteiger partial charge on any atom is -0.360 e. The molecule has 1 atom stereocenters. The van der Waals surface area contributed by atoms with Crippen LogP contribution in [0.4, 0.5) is 0 Å². The number of aromatic amines is 1. The second-order valence-corrected chi connectivity index (χ2v) is 9.94. The number of benzene rings is 2. The molecule has 2 fully saturated rings. The third-order valence-electron chi connectivity index (χ3n) is 7.21. The number of amides is 2. The number of piperazine rings is 1. The lowest BCUT2D eigenvalue weighted by Gasteiger charge is -2.38. The molecule has 35 heavy (non-hydrogen) atoms. The van der Waals surface area contributed by atoms with E-state index in [-0.39, 0.29) is 11.8 Å². The topological polar surface area (TPSA) is 80.5 Å². The van der Waals surface area contributed by atoms with Crippen LogP contribution in [0.3, 0.4) is 0 Å². The van der Waals surface area contributed by atoms with Gasteiger partial charge < -0.3 is 20.5 Å². The van der Waals surface area contributed by atoms with Gasteiger partial charge in [0.25, 0.3) is 5.91 Å². The predicted octanol–water partition coefficient (Wildman–Crippen LogP) is 3.44. The standard InChI is InChI=1S/C27H32ClN5O2/c28-23-17-30-24-16-21(6-7-22(23)24)26(34)31-25(20-4-2-1-3-5-20)27(35)33-14-12-32(13-15-33)18-19-8-10-29-11-9-19/h1-7,16-17,19,25,29-30H,8-15,18H2,(H,31,34)/t25-/m1/s1. The van der Waals surface area contributed by atoms with Crippen molar-refractivity contribution in [1.82, 2.24) is 25.4 Å². The molecule has 8 heteroatoms. The van der Waals surface area contributed by atoms with E-state index >= 15 is 0 Å². The Bertz CT molecular complexity index is 1170. The minimum absolute atomic E-state index is 0.0601. The van der Waals surface area contributed by atoms with Crippen molar-refractivity contribution in [3.8, 4) is 0 Å². The number of nitrogens with zero attached hydrogens (tertiary/aromatic N) is 2. The number of carbonyl (C=O) groups is 2. The highest BCUT2D eigenvalue weighted by molar-refractivity contribution is 6.35. The Kier molecular flexibility index (Phi) is 7.37. The second-order valence-electron chi connectivity index (χ2n) is 9.53. The fourth-order valence-corrected chi connectivity index (χ4v) is 5.36. The van der Waals surface area contributed by atoms with Gasteiger partial charge in [-0.2, -0.15) is 0 Å². The molecule has 0 saturated carbocycles. The van der Waals surface area contributed by atoms with Crippen LogP contribution >= 0.6 is 11.6 Å². The monoisotopic (exact) mass is 493 g/mol. The highest BCUT2D eigenvalue weighted by atomic mass is 35.5. The average molecular weight is 494 g/mol. The smallest absolute Gasteiger partial charge is 0.252 e. The lowest BCUT2D eigenvalue weighted by molar-refractivity contribution is -0.135. The maximum absolute atomic E-state index is 13.6. The van der Waals surface area contributed by atoms with Gasteiger partial charge in [-0.3, -0.25) is 14.5 Å². The Morgan fingerprint density at radius 2 is 1.77 bits per heavy atom. The molecule has 0 aliphatic carbocycles. The summed E-state index contributed by atoms with van der Waals surface area (Å²) in [6.45, 7) is 6.40. The summed E-state index contributed by atoms with van der Waals surface area (Å²) in [5, 5.41) is 7.90. The largest absolute Gasteiger partial charge is 0.360 e. The van der Waals surface area contributed by atoms with Gasteiger partial charge in [0.15, 0.2) is 0 Å². The summed E-state index contributed by atoms with van der Waals surface area (Å²) in [6.07, 6.45) is 4.15. The van der Waals surface area contributed by atoms with Gasteiger partial charge in [-0.15, -0.1) is 0 Å². The normalized spacial score (nSPS) is 18.5. The van der Waals surface area contributed by atoms with Crippen molar-refractivity contribution in [2.24, 2.45) is 5.92 Å². The Labute approximate surface area is 210 Å². The van der Waals surface area contributed by atoms with Crippen LogP contribution in [0.15, 0.2) is 54.7 Å². The van der Waals surface area contributed by atoms with Gasteiger partial charge >= 0.3 is 0 Å². The zero-order chi connectivity index (χ0) is 24.2. The van der Waals surface area contributed by atoms with Crippen LogP contribution in [0.2, 0.25) is 5.02 Å². The number of hydrogen-bond acceptors (Lipinski definition) is 4. The van der Waals surface area contributed by atoms with Crippen molar-refractivity contribution in [3.05, 3.63) is 70.9 Å². The lowest BCUT2D eigenvalue weighted by atomic mass is 9.97. The molecule has 7 nitrogen and oxygen atoms in total. The number of aromatic nitrogens is 1. The lowest BCUT2D eigenvalue weighted by Crippen LogP contribution is -2.53. The number of rotatable bonds is 6. The first kappa shape index (κ1) is 23.9. The van der Waals surface area contributed by atoms with Crippen molar-refractivity contribution in [2.75, 3.05) is 45.8 Å². The maximum atomic E-state index is 13.6. The molecule has 3 aromatic rings. The van der Waals surface area contributed by atoms with Crippen LogP contribution in [-0.2, 0) is 4.79 Å². The van der Waals surface area contributed by atoms with E-state index in [1.54, 1.807) is 18.3 Å². The average Bonchev–Trinajstić information content (AvgIpc) is 3.28. The Morgan fingerprint density at radius 3 is 2.51 bits per heavy atom. The van der Waals surface area contributed by atoms with Crippen molar-refractivity contribution in [1.29, 1.82) is 0 Å². The zero-order valence-electron chi connectivity index (χ0n) is 19.8. The van der Waals surface area contributed by atoms with Crippen LogP contribution in [0.5, 0.6) is 0 Å². The molecule has 2 saturated heterocycles. The summed E-state index contributed by atoms with van der Waals surface area (Å²) in [5.74, 6) is 0.390. The number of halogens is 1. The predicted molar refractivity (Wildman–Crippen MR) is 139 cm³/mol. The van der Waals surface area contributed by atoms with E-state index in [4.69, 9.17) is 11.6 Å². The van der Waals surface area contributed by atoms with Crippen LogP contribution in [0, 0.1) is 5.92 Å². The molecule has 2 aromatic carbocycles. The zero-order valence-corrected chi connectivity index (χ0v) is 20.6. The van der Waals surface area contributed by atoms with Gasteiger partial charge in [0.05, 0.1) is 5.02 Å². The highest BCUT2D eigenvalue weighted by Gasteiger charge is 2.31. The summed E-state index contributed by atoms with van der Waals surface area (Å²) >= 11 is 6.17. The summed E-state index contributed by atoms with van der Waals surface area (Å²) in [5.41, 5.74) is 2.05. The molecule has 0 spiro atoms. The van der Waals surface area contributed by atoms with Gasteiger partial charge in [-0.25, -0.2) is 0 Å². The first-order chi connectivity index (χ1) is 17.1.